The number of allylic oxidation sites excluding steroid dienone is 2. The van der Waals surface area contributed by atoms with Crippen LogP contribution in [0.2, 0.25) is 0 Å². The van der Waals surface area contributed by atoms with Gasteiger partial charge in [-0.1, -0.05) is 12.2 Å². The van der Waals surface area contributed by atoms with Crippen LogP contribution in [0.3, 0.4) is 0 Å². The van der Waals surface area contributed by atoms with Gasteiger partial charge in [0.1, 0.15) is 0 Å². The quantitative estimate of drug-likeness (QED) is 0.477. The van der Waals surface area contributed by atoms with Crippen molar-refractivity contribution in [1.82, 2.24) is 0 Å². The fourth-order valence-corrected chi connectivity index (χ4v) is 0.266. The van der Waals surface area contributed by atoms with Gasteiger partial charge in [-0.2, -0.15) is 5.26 Å². The SMILES string of the molecule is [CH2]C=CCCC#N. The zero-order valence-electron chi connectivity index (χ0n) is 4.22. The maximum Gasteiger partial charge on any atom is 0.0624 e. The van der Waals surface area contributed by atoms with E-state index in [-0.39, 0.29) is 0 Å². The summed E-state index contributed by atoms with van der Waals surface area (Å²) in [6.07, 6.45) is 5.02. The highest BCUT2D eigenvalue weighted by atomic mass is 14.2. The summed E-state index contributed by atoms with van der Waals surface area (Å²) in [7, 11) is 0. The molecule has 0 bridgehead atoms. The first-order chi connectivity index (χ1) is 3.41. The Balaban J connectivity index is 2.87. The number of hydrogen-bond acceptors (Lipinski definition) is 1. The highest BCUT2D eigenvalue weighted by Crippen LogP contribution is 1.85. The third-order valence-corrected chi connectivity index (χ3v) is 0.589. The number of unbranched alkanes of at least 4 members (excludes halogenated alkanes) is 1. The third-order valence-electron chi connectivity index (χ3n) is 0.589. The zero-order chi connectivity index (χ0) is 5.54. The van der Waals surface area contributed by atoms with Gasteiger partial charge >= 0.3 is 0 Å². The van der Waals surface area contributed by atoms with E-state index in [1.165, 1.54) is 0 Å². The highest BCUT2D eigenvalue weighted by molar-refractivity contribution is 4.86. The van der Waals surface area contributed by atoms with Crippen LogP contribution in [-0.4, -0.2) is 0 Å². The second-order valence-electron chi connectivity index (χ2n) is 1.17. The predicted molar refractivity (Wildman–Crippen MR) is 29.3 cm³/mol. The Hall–Kier alpha value is -0.770. The molecule has 0 unspecified atom stereocenters. The molecule has 0 aromatic heterocycles. The van der Waals surface area contributed by atoms with E-state index >= 15 is 0 Å². The summed E-state index contributed by atoms with van der Waals surface area (Å²) in [5.74, 6) is 0. The van der Waals surface area contributed by atoms with Crippen molar-refractivity contribution >= 4 is 0 Å². The molecular weight excluding hydrogens is 86.1 g/mol. The molecule has 1 heteroatoms. The Kier molecular flexibility index (Phi) is 4.65. The van der Waals surface area contributed by atoms with Crippen molar-refractivity contribution < 1.29 is 0 Å². The molecule has 7 heavy (non-hydrogen) atoms. The Morgan fingerprint density at radius 3 is 2.86 bits per heavy atom. The predicted octanol–water partition coefficient (Wildman–Crippen LogP) is 1.68. The van der Waals surface area contributed by atoms with E-state index in [1.807, 2.05) is 12.1 Å². The summed E-state index contributed by atoms with van der Waals surface area (Å²) in [6, 6.07) is 2.02. The van der Waals surface area contributed by atoms with Crippen LogP contribution < -0.4 is 0 Å². The molecule has 0 heterocycles. The van der Waals surface area contributed by atoms with Crippen LogP contribution in [0.5, 0.6) is 0 Å². The summed E-state index contributed by atoms with van der Waals surface area (Å²) >= 11 is 0. The van der Waals surface area contributed by atoms with Gasteiger partial charge in [-0.15, -0.1) is 0 Å². The number of rotatable bonds is 2. The average Bonchev–Trinajstić information content (AvgIpc) is 1.69. The molecule has 0 atom stereocenters. The molecule has 0 aliphatic heterocycles. The fraction of sp³-hybridized carbons (Fsp3) is 0.333. The largest absolute Gasteiger partial charge is 0.198 e. The summed E-state index contributed by atoms with van der Waals surface area (Å²) in [4.78, 5) is 0. The van der Waals surface area contributed by atoms with Crippen molar-refractivity contribution in [3.05, 3.63) is 19.1 Å². The minimum absolute atomic E-state index is 0.603. The Bertz CT molecular complexity index is 86.8. The van der Waals surface area contributed by atoms with Crippen molar-refractivity contribution in [2.75, 3.05) is 0 Å². The molecule has 0 N–H and O–H groups in total. The maximum atomic E-state index is 7.99. The van der Waals surface area contributed by atoms with E-state index < -0.39 is 0 Å². The molecule has 1 nitrogen and oxygen atoms in total. The van der Waals surface area contributed by atoms with Crippen LogP contribution in [0.1, 0.15) is 12.8 Å². The standard InChI is InChI=1S/C6H8N/c1-2-3-4-5-6-7/h2-3H,1,4-5H2. The summed E-state index contributed by atoms with van der Waals surface area (Å²) in [5, 5.41) is 7.99. The van der Waals surface area contributed by atoms with Crippen molar-refractivity contribution in [3.8, 4) is 6.07 Å². The molecule has 0 saturated carbocycles. The van der Waals surface area contributed by atoms with Gasteiger partial charge in [0.15, 0.2) is 0 Å². The lowest BCUT2D eigenvalue weighted by Gasteiger charge is -1.74. The van der Waals surface area contributed by atoms with Crippen molar-refractivity contribution in [3.63, 3.8) is 0 Å². The van der Waals surface area contributed by atoms with Gasteiger partial charge in [0.05, 0.1) is 6.07 Å². The van der Waals surface area contributed by atoms with E-state index in [0.29, 0.717) is 6.42 Å². The summed E-state index contributed by atoms with van der Waals surface area (Å²) in [5.41, 5.74) is 0. The molecular formula is C6H8N. The van der Waals surface area contributed by atoms with Gasteiger partial charge in [-0.25, -0.2) is 0 Å². The topological polar surface area (TPSA) is 23.8 Å². The molecule has 1 radical (unpaired) electrons. The molecule has 0 amide bonds. The first-order valence-corrected chi connectivity index (χ1v) is 2.23. The monoisotopic (exact) mass is 94.1 g/mol. The number of hydrogen-bond donors (Lipinski definition) is 0. The van der Waals surface area contributed by atoms with Gasteiger partial charge < -0.3 is 0 Å². The molecule has 0 aliphatic rings. The van der Waals surface area contributed by atoms with Crippen LogP contribution in [0.4, 0.5) is 0 Å². The Labute approximate surface area is 44.3 Å². The second kappa shape index (κ2) is 5.23. The number of nitriles is 1. The lowest BCUT2D eigenvalue weighted by Crippen LogP contribution is -1.59. The van der Waals surface area contributed by atoms with Gasteiger partial charge in [0.25, 0.3) is 0 Å². The number of nitrogens with zero attached hydrogens (tertiary/aromatic N) is 1. The van der Waals surface area contributed by atoms with Crippen LogP contribution >= 0.6 is 0 Å². The van der Waals surface area contributed by atoms with E-state index in [4.69, 9.17) is 5.26 Å². The molecule has 0 aromatic rings. The van der Waals surface area contributed by atoms with E-state index in [0.717, 1.165) is 6.42 Å². The van der Waals surface area contributed by atoms with Crippen LogP contribution in [0.25, 0.3) is 0 Å². The fourth-order valence-electron chi connectivity index (χ4n) is 0.266. The molecule has 0 aromatic carbocycles. The lowest BCUT2D eigenvalue weighted by molar-refractivity contribution is 1.06. The molecule has 0 saturated heterocycles. The lowest BCUT2D eigenvalue weighted by atomic mass is 10.3. The minimum Gasteiger partial charge on any atom is -0.198 e. The third kappa shape index (κ3) is 5.23. The van der Waals surface area contributed by atoms with E-state index in [1.54, 1.807) is 6.08 Å². The maximum absolute atomic E-state index is 7.99. The van der Waals surface area contributed by atoms with Crippen molar-refractivity contribution in [2.45, 2.75) is 12.8 Å². The Morgan fingerprint density at radius 2 is 2.43 bits per heavy atom. The average molecular weight is 94.1 g/mol. The Morgan fingerprint density at radius 1 is 1.71 bits per heavy atom. The molecule has 0 spiro atoms. The van der Waals surface area contributed by atoms with Crippen molar-refractivity contribution in [2.24, 2.45) is 0 Å². The van der Waals surface area contributed by atoms with Gasteiger partial charge in [-0.3, -0.25) is 0 Å². The smallest absolute Gasteiger partial charge is 0.0624 e. The second-order valence-corrected chi connectivity index (χ2v) is 1.17. The molecule has 0 aliphatic carbocycles. The van der Waals surface area contributed by atoms with Crippen molar-refractivity contribution in [1.29, 1.82) is 5.26 Å². The van der Waals surface area contributed by atoms with E-state index in [2.05, 4.69) is 6.92 Å². The summed E-state index contributed by atoms with van der Waals surface area (Å²) < 4.78 is 0. The first-order valence-electron chi connectivity index (χ1n) is 2.23. The van der Waals surface area contributed by atoms with E-state index in [9.17, 15) is 0 Å². The first kappa shape index (κ1) is 6.23. The minimum atomic E-state index is 0.603. The molecule has 0 rings (SSSR count). The zero-order valence-corrected chi connectivity index (χ0v) is 4.22. The van der Waals surface area contributed by atoms with Crippen LogP contribution in [0.15, 0.2) is 12.2 Å². The highest BCUT2D eigenvalue weighted by Gasteiger charge is 1.71. The van der Waals surface area contributed by atoms with Gasteiger partial charge in [-0.05, 0) is 13.3 Å². The molecule has 0 fully saturated rings. The summed E-state index contributed by atoms with van der Waals surface area (Å²) in [6.45, 7) is 3.47. The van der Waals surface area contributed by atoms with Gasteiger partial charge in [0, 0.05) is 6.42 Å². The molecule has 37 valence electrons. The normalized spacial score (nSPS) is 9.14. The van der Waals surface area contributed by atoms with Gasteiger partial charge in [0.2, 0.25) is 0 Å². The van der Waals surface area contributed by atoms with Crippen LogP contribution in [-0.2, 0) is 0 Å². The van der Waals surface area contributed by atoms with Crippen LogP contribution in [0, 0.1) is 18.3 Å².